The highest BCUT2D eigenvalue weighted by molar-refractivity contribution is 7.13. The van der Waals surface area contributed by atoms with Crippen molar-refractivity contribution in [2.75, 3.05) is 0 Å². The van der Waals surface area contributed by atoms with E-state index in [1.807, 2.05) is 12.3 Å². The van der Waals surface area contributed by atoms with Crippen LogP contribution in [0, 0.1) is 0 Å². The molecule has 1 unspecified atom stereocenters. The first kappa shape index (κ1) is 13.5. The molecule has 6 nitrogen and oxygen atoms in total. The lowest BCUT2D eigenvalue weighted by Crippen LogP contribution is -2.34. The number of fused-ring (bicyclic) bond motifs is 1. The second kappa shape index (κ2) is 5.94. The highest BCUT2D eigenvalue weighted by atomic mass is 32.1. The lowest BCUT2D eigenvalue weighted by molar-refractivity contribution is 0.451. The van der Waals surface area contributed by atoms with Crippen molar-refractivity contribution in [3.8, 4) is 10.8 Å². The molecule has 0 spiro atoms. The maximum atomic E-state index is 4.61. The van der Waals surface area contributed by atoms with E-state index in [4.69, 9.17) is 0 Å². The Balaban J connectivity index is 1.38. The number of aromatic nitrogens is 5. The van der Waals surface area contributed by atoms with E-state index >= 15 is 0 Å². The van der Waals surface area contributed by atoms with Gasteiger partial charge in [0.05, 0.1) is 11.9 Å². The molecule has 7 heteroatoms. The van der Waals surface area contributed by atoms with E-state index in [0.29, 0.717) is 11.9 Å². The van der Waals surface area contributed by atoms with Gasteiger partial charge in [0.15, 0.2) is 10.8 Å². The van der Waals surface area contributed by atoms with E-state index in [1.54, 1.807) is 23.7 Å². The van der Waals surface area contributed by atoms with Gasteiger partial charge in [0.25, 0.3) is 0 Å². The molecule has 3 heterocycles. The Labute approximate surface area is 132 Å². The largest absolute Gasteiger partial charge is 0.308 e. The van der Waals surface area contributed by atoms with Gasteiger partial charge in [0.1, 0.15) is 0 Å². The van der Waals surface area contributed by atoms with Crippen LogP contribution >= 0.6 is 11.3 Å². The zero-order valence-electron chi connectivity index (χ0n) is 12.0. The lowest BCUT2D eigenvalue weighted by Gasteiger charge is -2.22. The van der Waals surface area contributed by atoms with E-state index in [-0.39, 0.29) is 0 Å². The highest BCUT2D eigenvalue weighted by Gasteiger charge is 2.19. The van der Waals surface area contributed by atoms with E-state index in [1.165, 1.54) is 11.3 Å². The molecule has 4 rings (SSSR count). The van der Waals surface area contributed by atoms with Gasteiger partial charge in [-0.05, 0) is 24.5 Å². The van der Waals surface area contributed by atoms with Gasteiger partial charge in [-0.1, -0.05) is 0 Å². The quantitative estimate of drug-likeness (QED) is 0.770. The summed E-state index contributed by atoms with van der Waals surface area (Å²) < 4.78 is 0. The summed E-state index contributed by atoms with van der Waals surface area (Å²) in [6, 6.07) is 2.29. The molecule has 0 bridgehead atoms. The van der Waals surface area contributed by atoms with Crippen molar-refractivity contribution in [1.29, 1.82) is 0 Å². The number of hydrogen-bond donors (Lipinski definition) is 2. The number of rotatable bonds is 4. The number of thiazole rings is 1. The van der Waals surface area contributed by atoms with Crippen molar-refractivity contribution in [2.24, 2.45) is 0 Å². The second-order valence-corrected chi connectivity index (χ2v) is 6.27. The summed E-state index contributed by atoms with van der Waals surface area (Å²) in [5.41, 5.74) is 3.67. The van der Waals surface area contributed by atoms with E-state index < -0.39 is 0 Å². The average Bonchev–Trinajstić information content (AvgIpc) is 3.22. The van der Waals surface area contributed by atoms with Gasteiger partial charge >= 0.3 is 0 Å². The number of aromatic amines is 1. The molecular formula is C15H16N6S. The molecule has 0 saturated heterocycles. The Hall–Kier alpha value is -2.12. The van der Waals surface area contributed by atoms with Crippen LogP contribution in [0.25, 0.3) is 10.8 Å². The summed E-state index contributed by atoms with van der Waals surface area (Å²) in [6.07, 6.45) is 8.67. The Morgan fingerprint density at radius 3 is 3.14 bits per heavy atom. The van der Waals surface area contributed by atoms with Crippen LogP contribution in [0.3, 0.4) is 0 Å². The minimum Gasteiger partial charge on any atom is -0.308 e. The van der Waals surface area contributed by atoms with Gasteiger partial charge in [0, 0.05) is 42.5 Å². The number of nitrogens with zero attached hydrogens (tertiary/aromatic N) is 4. The molecule has 0 saturated carbocycles. The smallest absolute Gasteiger partial charge is 0.188 e. The van der Waals surface area contributed by atoms with Gasteiger partial charge in [0.2, 0.25) is 0 Å². The van der Waals surface area contributed by atoms with Crippen LogP contribution < -0.4 is 5.32 Å². The molecule has 3 aromatic heterocycles. The molecule has 3 aromatic rings. The van der Waals surface area contributed by atoms with Crippen LogP contribution in [-0.4, -0.2) is 31.2 Å². The summed E-state index contributed by atoms with van der Waals surface area (Å²) in [4.78, 5) is 13.1. The number of hydrogen-bond acceptors (Lipinski definition) is 6. The lowest BCUT2D eigenvalue weighted by atomic mass is 9.94. The highest BCUT2D eigenvalue weighted by Crippen LogP contribution is 2.21. The average molecular weight is 312 g/mol. The first-order valence-electron chi connectivity index (χ1n) is 7.35. The molecule has 0 fully saturated rings. The first-order valence-corrected chi connectivity index (χ1v) is 8.23. The normalized spacial score (nSPS) is 17.4. The molecule has 112 valence electrons. The zero-order valence-corrected chi connectivity index (χ0v) is 12.8. The SMILES string of the molecule is c1cnc(-c2nc(CNC3CCc4cn[nH]c4C3)cs2)nc1. The third-order valence-electron chi connectivity index (χ3n) is 3.90. The first-order chi connectivity index (χ1) is 10.9. The number of H-pyrrole nitrogens is 1. The molecule has 1 atom stereocenters. The predicted octanol–water partition coefficient (Wildman–Crippen LogP) is 1.97. The van der Waals surface area contributed by atoms with Crippen molar-refractivity contribution in [2.45, 2.75) is 31.8 Å². The fraction of sp³-hybridized carbons (Fsp3) is 0.333. The summed E-state index contributed by atoms with van der Waals surface area (Å²) >= 11 is 1.59. The molecule has 1 aliphatic rings. The van der Waals surface area contributed by atoms with E-state index in [0.717, 1.165) is 36.5 Å². The predicted molar refractivity (Wildman–Crippen MR) is 84.4 cm³/mol. The van der Waals surface area contributed by atoms with Crippen LogP contribution in [0.15, 0.2) is 30.0 Å². The maximum Gasteiger partial charge on any atom is 0.188 e. The fourth-order valence-corrected chi connectivity index (χ4v) is 3.50. The Bertz CT molecular complexity index is 750. The Morgan fingerprint density at radius 2 is 2.23 bits per heavy atom. The Kier molecular flexibility index (Phi) is 3.65. The number of aryl methyl sites for hydroxylation is 1. The summed E-state index contributed by atoms with van der Waals surface area (Å²) in [5.74, 6) is 0.693. The van der Waals surface area contributed by atoms with Crippen LogP contribution in [0.2, 0.25) is 0 Å². The minimum absolute atomic E-state index is 0.478. The Morgan fingerprint density at radius 1 is 1.32 bits per heavy atom. The van der Waals surface area contributed by atoms with Gasteiger partial charge in [-0.2, -0.15) is 5.10 Å². The standard InChI is InChI=1S/C15H16N6S/c1-4-16-14(17-5-1)15-20-12(9-22-15)8-18-11-3-2-10-7-19-21-13(10)6-11/h1,4-5,7,9,11,18H,2-3,6,8H2,(H,19,21). The van der Waals surface area contributed by atoms with Gasteiger partial charge in [-0.15, -0.1) is 11.3 Å². The van der Waals surface area contributed by atoms with Crippen molar-refractivity contribution < 1.29 is 0 Å². The van der Waals surface area contributed by atoms with Gasteiger partial charge < -0.3 is 5.32 Å². The third-order valence-corrected chi connectivity index (χ3v) is 4.79. The van der Waals surface area contributed by atoms with Crippen LogP contribution in [0.1, 0.15) is 23.4 Å². The molecule has 0 aliphatic heterocycles. The van der Waals surface area contributed by atoms with Crippen molar-refractivity contribution in [3.63, 3.8) is 0 Å². The zero-order chi connectivity index (χ0) is 14.8. The van der Waals surface area contributed by atoms with Crippen LogP contribution in [0.4, 0.5) is 0 Å². The van der Waals surface area contributed by atoms with Crippen molar-refractivity contribution in [3.05, 3.63) is 47.0 Å². The van der Waals surface area contributed by atoms with Crippen molar-refractivity contribution >= 4 is 11.3 Å². The third kappa shape index (κ3) is 2.77. The molecular weight excluding hydrogens is 296 g/mol. The van der Waals surface area contributed by atoms with E-state index in [9.17, 15) is 0 Å². The van der Waals surface area contributed by atoms with E-state index in [2.05, 4.69) is 35.8 Å². The van der Waals surface area contributed by atoms with Crippen molar-refractivity contribution in [1.82, 2.24) is 30.5 Å². The van der Waals surface area contributed by atoms with Crippen LogP contribution in [-0.2, 0) is 19.4 Å². The summed E-state index contributed by atoms with van der Waals surface area (Å²) in [6.45, 7) is 0.775. The summed E-state index contributed by atoms with van der Waals surface area (Å²) in [7, 11) is 0. The molecule has 2 N–H and O–H groups in total. The minimum atomic E-state index is 0.478. The van der Waals surface area contributed by atoms with Crippen LogP contribution in [0.5, 0.6) is 0 Å². The maximum absolute atomic E-state index is 4.61. The number of nitrogens with one attached hydrogen (secondary N) is 2. The molecule has 0 radical (unpaired) electrons. The monoisotopic (exact) mass is 312 g/mol. The van der Waals surface area contributed by atoms with Gasteiger partial charge in [-0.3, -0.25) is 5.10 Å². The molecule has 0 amide bonds. The topological polar surface area (TPSA) is 79.4 Å². The molecule has 22 heavy (non-hydrogen) atoms. The van der Waals surface area contributed by atoms with Gasteiger partial charge in [-0.25, -0.2) is 15.0 Å². The fourth-order valence-electron chi connectivity index (χ4n) is 2.73. The molecule has 0 aromatic carbocycles. The second-order valence-electron chi connectivity index (χ2n) is 5.41. The molecule has 1 aliphatic carbocycles. The summed E-state index contributed by atoms with van der Waals surface area (Å²) in [5, 5.41) is 13.7.